The van der Waals surface area contributed by atoms with Crippen LogP contribution in [0.15, 0.2) is 59.7 Å². The van der Waals surface area contributed by atoms with Gasteiger partial charge in [-0.1, -0.05) is 23.7 Å². The van der Waals surface area contributed by atoms with Gasteiger partial charge >= 0.3 is 0 Å². The molecule has 2 aromatic carbocycles. The molecule has 0 aliphatic carbocycles. The van der Waals surface area contributed by atoms with Crippen molar-refractivity contribution in [1.29, 1.82) is 0 Å². The summed E-state index contributed by atoms with van der Waals surface area (Å²) in [4.78, 5) is 21.1. The van der Waals surface area contributed by atoms with Crippen molar-refractivity contribution in [3.63, 3.8) is 0 Å². The molecule has 8 heteroatoms. The topological polar surface area (TPSA) is 56.6 Å². The molecule has 6 nitrogen and oxygen atoms in total. The lowest BCUT2D eigenvalue weighted by Crippen LogP contribution is -2.23. The number of hydrogen-bond donors (Lipinski definition) is 0. The fraction of sp³-hybridized carbons (Fsp3) is 0.250. The van der Waals surface area contributed by atoms with Crippen LogP contribution in [0.4, 0.5) is 5.69 Å². The highest BCUT2D eigenvalue weighted by molar-refractivity contribution is 7.22. The molecule has 0 amide bonds. The number of benzene rings is 2. The summed E-state index contributed by atoms with van der Waals surface area (Å²) in [6, 6.07) is 15.3. The van der Waals surface area contributed by atoms with Gasteiger partial charge in [0.25, 0.3) is 5.56 Å². The van der Waals surface area contributed by atoms with Gasteiger partial charge in [-0.2, -0.15) is 0 Å². The maximum absolute atomic E-state index is 13.3. The lowest BCUT2D eigenvalue weighted by Gasteiger charge is -2.22. The molecule has 4 aromatic rings. The van der Waals surface area contributed by atoms with Crippen LogP contribution in [0.1, 0.15) is 6.42 Å². The number of nitrogens with zero attached hydrogens (tertiary/aromatic N) is 3. The molecule has 0 radical (unpaired) electrons. The van der Waals surface area contributed by atoms with E-state index in [2.05, 4.69) is 9.88 Å². The molecule has 2 aromatic heterocycles. The highest BCUT2D eigenvalue weighted by Gasteiger charge is 2.24. The maximum atomic E-state index is 13.3. The molecule has 0 N–H and O–H groups in total. The molecule has 164 valence electrons. The molecule has 1 atom stereocenters. The van der Waals surface area contributed by atoms with Gasteiger partial charge in [0.05, 0.1) is 30.1 Å². The highest BCUT2D eigenvalue weighted by atomic mass is 35.5. The SMILES string of the molecule is COc1cc(-n2cnc3cc(-c4ccc(Cl)cc4)sc3c2=O)ccc1N1CC[C@@H](OC)C1. The third kappa shape index (κ3) is 3.77. The largest absolute Gasteiger partial charge is 0.495 e. The number of fused-ring (bicyclic) bond motifs is 1. The van der Waals surface area contributed by atoms with E-state index in [4.69, 9.17) is 21.1 Å². The molecule has 32 heavy (non-hydrogen) atoms. The summed E-state index contributed by atoms with van der Waals surface area (Å²) in [7, 11) is 3.39. The van der Waals surface area contributed by atoms with Crippen molar-refractivity contribution in [2.24, 2.45) is 0 Å². The minimum absolute atomic E-state index is 0.101. The zero-order valence-corrected chi connectivity index (χ0v) is 19.3. The van der Waals surface area contributed by atoms with Gasteiger partial charge in [0.2, 0.25) is 0 Å². The monoisotopic (exact) mass is 467 g/mol. The number of hydrogen-bond acceptors (Lipinski definition) is 6. The van der Waals surface area contributed by atoms with E-state index in [0.717, 1.165) is 41.4 Å². The summed E-state index contributed by atoms with van der Waals surface area (Å²) in [6.45, 7) is 1.73. The van der Waals surface area contributed by atoms with E-state index in [0.29, 0.717) is 20.9 Å². The van der Waals surface area contributed by atoms with Crippen LogP contribution in [-0.2, 0) is 4.74 Å². The van der Waals surface area contributed by atoms with Gasteiger partial charge in [-0.3, -0.25) is 9.36 Å². The van der Waals surface area contributed by atoms with Crippen molar-refractivity contribution < 1.29 is 9.47 Å². The fourth-order valence-corrected chi connectivity index (χ4v) is 5.24. The van der Waals surface area contributed by atoms with Crippen LogP contribution in [0.25, 0.3) is 26.3 Å². The summed E-state index contributed by atoms with van der Waals surface area (Å²) >= 11 is 7.44. The fourth-order valence-electron chi connectivity index (χ4n) is 4.07. The second-order valence-corrected chi connectivity index (χ2v) is 9.19. The number of aromatic nitrogens is 2. The Morgan fingerprint density at radius 3 is 2.66 bits per heavy atom. The van der Waals surface area contributed by atoms with Crippen molar-refractivity contribution in [2.75, 3.05) is 32.2 Å². The van der Waals surface area contributed by atoms with Gasteiger partial charge in [-0.25, -0.2) is 4.98 Å². The Hall–Kier alpha value is -2.87. The predicted molar refractivity (Wildman–Crippen MR) is 130 cm³/mol. The zero-order valence-electron chi connectivity index (χ0n) is 17.7. The third-order valence-electron chi connectivity index (χ3n) is 5.83. The van der Waals surface area contributed by atoms with Crippen LogP contribution in [-0.4, -0.2) is 43.0 Å². The highest BCUT2D eigenvalue weighted by Crippen LogP contribution is 2.34. The molecule has 1 saturated heterocycles. The van der Waals surface area contributed by atoms with Crippen LogP contribution in [0.2, 0.25) is 5.02 Å². The molecule has 1 fully saturated rings. The molecule has 5 rings (SSSR count). The van der Waals surface area contributed by atoms with Gasteiger partial charge in [-0.15, -0.1) is 11.3 Å². The average molecular weight is 468 g/mol. The lowest BCUT2D eigenvalue weighted by atomic mass is 10.2. The molecule has 0 saturated carbocycles. The third-order valence-corrected chi connectivity index (χ3v) is 7.24. The van der Waals surface area contributed by atoms with Crippen LogP contribution in [0.3, 0.4) is 0 Å². The van der Waals surface area contributed by atoms with Gasteiger partial charge in [-0.05, 0) is 42.3 Å². The number of thiophene rings is 1. The molecule has 3 heterocycles. The van der Waals surface area contributed by atoms with E-state index in [1.165, 1.54) is 11.3 Å². The van der Waals surface area contributed by atoms with Crippen LogP contribution >= 0.6 is 22.9 Å². The van der Waals surface area contributed by atoms with E-state index >= 15 is 0 Å². The molecular weight excluding hydrogens is 446 g/mol. The van der Waals surface area contributed by atoms with E-state index in [1.807, 2.05) is 48.5 Å². The summed E-state index contributed by atoms with van der Waals surface area (Å²) in [5.74, 6) is 0.722. The molecule has 1 aliphatic rings. The van der Waals surface area contributed by atoms with Gasteiger partial charge in [0.1, 0.15) is 16.8 Å². The molecule has 1 aliphatic heterocycles. The first-order valence-electron chi connectivity index (χ1n) is 10.3. The van der Waals surface area contributed by atoms with Crippen LogP contribution in [0, 0.1) is 0 Å². The number of halogens is 1. The zero-order chi connectivity index (χ0) is 22.2. The first-order chi connectivity index (χ1) is 15.6. The summed E-state index contributed by atoms with van der Waals surface area (Å²) in [5, 5.41) is 0.680. The van der Waals surface area contributed by atoms with Crippen LogP contribution < -0.4 is 15.2 Å². The van der Waals surface area contributed by atoms with Crippen molar-refractivity contribution in [3.05, 3.63) is 70.2 Å². The quantitative estimate of drug-likeness (QED) is 0.413. The Bertz CT molecular complexity index is 1330. The first kappa shape index (κ1) is 21.0. The van der Waals surface area contributed by atoms with Crippen molar-refractivity contribution >= 4 is 38.8 Å². The standard InChI is InChI=1S/C24H22ClN3O3S/c1-30-18-9-10-27(13-18)20-8-7-17(11-21(20)31-2)28-14-26-19-12-22(32-23(19)24(28)29)15-3-5-16(25)6-4-15/h3-8,11-12,14,18H,9-10,13H2,1-2H3/t18-/m1/s1. The van der Waals surface area contributed by atoms with Crippen molar-refractivity contribution in [3.8, 4) is 21.9 Å². The second kappa shape index (κ2) is 8.58. The number of methoxy groups -OCH3 is 2. The number of ether oxygens (including phenoxy) is 2. The van der Waals surface area contributed by atoms with Crippen LogP contribution in [0.5, 0.6) is 5.75 Å². The second-order valence-electron chi connectivity index (χ2n) is 7.70. The van der Waals surface area contributed by atoms with E-state index in [1.54, 1.807) is 25.1 Å². The summed E-state index contributed by atoms with van der Waals surface area (Å²) < 4.78 is 13.3. The Labute approximate surface area is 194 Å². The van der Waals surface area contributed by atoms with E-state index in [9.17, 15) is 4.79 Å². The Morgan fingerprint density at radius 1 is 1.12 bits per heavy atom. The molecule has 0 unspecified atom stereocenters. The van der Waals surface area contributed by atoms with Crippen molar-refractivity contribution in [2.45, 2.75) is 12.5 Å². The predicted octanol–water partition coefficient (Wildman–Crippen LogP) is 5.00. The normalized spacial score (nSPS) is 16.1. The Morgan fingerprint density at radius 2 is 1.94 bits per heavy atom. The number of rotatable bonds is 5. The molecular formula is C24H22ClN3O3S. The minimum Gasteiger partial charge on any atom is -0.495 e. The summed E-state index contributed by atoms with van der Waals surface area (Å²) in [5.41, 5.74) is 3.31. The Balaban J connectivity index is 1.52. The van der Waals surface area contributed by atoms with E-state index < -0.39 is 0 Å². The van der Waals surface area contributed by atoms with E-state index in [-0.39, 0.29) is 11.7 Å². The molecule has 0 spiro atoms. The first-order valence-corrected chi connectivity index (χ1v) is 11.5. The smallest absolute Gasteiger partial charge is 0.275 e. The van der Waals surface area contributed by atoms with Gasteiger partial charge in [0, 0.05) is 36.2 Å². The Kier molecular flexibility index (Phi) is 5.63. The number of anilines is 1. The summed E-state index contributed by atoms with van der Waals surface area (Å²) in [6.07, 6.45) is 2.78. The maximum Gasteiger partial charge on any atom is 0.275 e. The molecule has 0 bridgehead atoms. The van der Waals surface area contributed by atoms with Gasteiger partial charge in [0.15, 0.2) is 0 Å². The van der Waals surface area contributed by atoms with Crippen molar-refractivity contribution in [1.82, 2.24) is 9.55 Å². The van der Waals surface area contributed by atoms with Gasteiger partial charge < -0.3 is 14.4 Å². The average Bonchev–Trinajstić information content (AvgIpc) is 3.47. The lowest BCUT2D eigenvalue weighted by molar-refractivity contribution is 0.121. The minimum atomic E-state index is -0.101.